The van der Waals surface area contributed by atoms with Gasteiger partial charge in [-0.3, -0.25) is 9.89 Å². The van der Waals surface area contributed by atoms with Crippen LogP contribution < -0.4 is 5.32 Å². The van der Waals surface area contributed by atoms with Gasteiger partial charge < -0.3 is 14.3 Å². The van der Waals surface area contributed by atoms with Crippen molar-refractivity contribution >= 4 is 29.7 Å². The van der Waals surface area contributed by atoms with Gasteiger partial charge in [-0.05, 0) is 43.4 Å². The number of halogens is 1. The minimum absolute atomic E-state index is 0.0570. The fraction of sp³-hybridized carbons (Fsp3) is 0.333. The molecule has 1 amide bonds. The molecule has 0 aliphatic carbocycles. The zero-order valence-electron chi connectivity index (χ0n) is 14.9. The zero-order valence-corrected chi connectivity index (χ0v) is 16.4. The standard InChI is InChI=1S/C18H20ClN5O2S/c1-2-24-15(22-23-18(24)27)9-10-20-16(25)7-8-17-21-11-14(26-17)12-3-5-13(19)6-4-12/h3-6,11H,2,7-10H2,1H3,(H,20,25)(H,23,27). The first kappa shape index (κ1) is 19.3. The molecule has 0 spiro atoms. The van der Waals surface area contributed by atoms with E-state index < -0.39 is 0 Å². The molecule has 3 rings (SSSR count). The molecule has 0 saturated heterocycles. The highest BCUT2D eigenvalue weighted by Crippen LogP contribution is 2.22. The lowest BCUT2D eigenvalue weighted by Gasteiger charge is -2.05. The van der Waals surface area contributed by atoms with Gasteiger partial charge in [0.1, 0.15) is 5.82 Å². The van der Waals surface area contributed by atoms with Gasteiger partial charge in [-0.2, -0.15) is 5.10 Å². The SMILES string of the molecule is CCn1c(CCNC(=O)CCc2ncc(-c3ccc(Cl)cc3)o2)n[nH]c1=S. The average Bonchev–Trinajstić information content (AvgIpc) is 3.27. The number of amides is 1. The Balaban J connectivity index is 1.45. The smallest absolute Gasteiger partial charge is 0.220 e. The van der Waals surface area contributed by atoms with Crippen molar-refractivity contribution in [3.63, 3.8) is 0 Å². The van der Waals surface area contributed by atoms with E-state index in [4.69, 9.17) is 28.2 Å². The number of oxazole rings is 1. The van der Waals surface area contributed by atoms with Crippen molar-refractivity contribution in [1.29, 1.82) is 0 Å². The van der Waals surface area contributed by atoms with Crippen LogP contribution in [-0.4, -0.2) is 32.2 Å². The van der Waals surface area contributed by atoms with Gasteiger partial charge in [0.05, 0.1) is 6.20 Å². The number of aromatic amines is 1. The van der Waals surface area contributed by atoms with Crippen LogP contribution in [0.4, 0.5) is 0 Å². The first-order valence-electron chi connectivity index (χ1n) is 8.68. The Bertz CT molecular complexity index is 961. The summed E-state index contributed by atoms with van der Waals surface area (Å²) in [5.41, 5.74) is 0.895. The Morgan fingerprint density at radius 1 is 1.33 bits per heavy atom. The molecule has 0 atom stereocenters. The highest BCUT2D eigenvalue weighted by atomic mass is 35.5. The van der Waals surface area contributed by atoms with Crippen molar-refractivity contribution in [3.05, 3.63) is 52.0 Å². The summed E-state index contributed by atoms with van der Waals surface area (Å²) in [5.74, 6) is 1.97. The van der Waals surface area contributed by atoms with Crippen molar-refractivity contribution in [1.82, 2.24) is 25.1 Å². The van der Waals surface area contributed by atoms with E-state index in [-0.39, 0.29) is 5.91 Å². The fourth-order valence-electron chi connectivity index (χ4n) is 2.66. The Hall–Kier alpha value is -2.45. The van der Waals surface area contributed by atoms with Gasteiger partial charge in [-0.15, -0.1) is 0 Å². The maximum absolute atomic E-state index is 12.0. The van der Waals surface area contributed by atoms with Crippen LogP contribution in [0.2, 0.25) is 5.02 Å². The van der Waals surface area contributed by atoms with E-state index in [1.807, 2.05) is 23.6 Å². The van der Waals surface area contributed by atoms with Crippen molar-refractivity contribution in [2.24, 2.45) is 0 Å². The predicted octanol–water partition coefficient (Wildman–Crippen LogP) is 3.56. The number of carbonyl (C=O) groups excluding carboxylic acids is 1. The van der Waals surface area contributed by atoms with E-state index >= 15 is 0 Å². The average molecular weight is 406 g/mol. The Morgan fingerprint density at radius 2 is 2.11 bits per heavy atom. The summed E-state index contributed by atoms with van der Waals surface area (Å²) in [5, 5.41) is 10.5. The van der Waals surface area contributed by atoms with Crippen LogP contribution in [0.15, 0.2) is 34.9 Å². The van der Waals surface area contributed by atoms with Gasteiger partial charge >= 0.3 is 0 Å². The predicted molar refractivity (Wildman–Crippen MR) is 105 cm³/mol. The van der Waals surface area contributed by atoms with Gasteiger partial charge in [0.2, 0.25) is 5.91 Å². The summed E-state index contributed by atoms with van der Waals surface area (Å²) in [6.07, 6.45) is 3.02. The second-order valence-electron chi connectivity index (χ2n) is 5.91. The second kappa shape index (κ2) is 8.96. The van der Waals surface area contributed by atoms with Crippen LogP contribution in [0.3, 0.4) is 0 Å². The molecule has 1 aromatic carbocycles. The number of nitrogens with zero attached hydrogens (tertiary/aromatic N) is 3. The molecule has 3 aromatic rings. The lowest BCUT2D eigenvalue weighted by molar-refractivity contribution is -0.121. The lowest BCUT2D eigenvalue weighted by Crippen LogP contribution is -2.26. The van der Waals surface area contributed by atoms with Crippen LogP contribution in [0, 0.1) is 4.77 Å². The van der Waals surface area contributed by atoms with Crippen molar-refractivity contribution in [3.8, 4) is 11.3 Å². The molecule has 9 heteroatoms. The number of H-pyrrole nitrogens is 1. The molecule has 0 fully saturated rings. The molecule has 0 aliphatic heterocycles. The van der Waals surface area contributed by atoms with Crippen LogP contribution in [0.25, 0.3) is 11.3 Å². The van der Waals surface area contributed by atoms with Crippen LogP contribution in [0.5, 0.6) is 0 Å². The van der Waals surface area contributed by atoms with Crippen molar-refractivity contribution in [2.75, 3.05) is 6.54 Å². The summed E-state index contributed by atoms with van der Waals surface area (Å²) >= 11 is 11.0. The first-order valence-corrected chi connectivity index (χ1v) is 9.47. The third kappa shape index (κ3) is 5.05. The van der Waals surface area contributed by atoms with Gasteiger partial charge in [-0.1, -0.05) is 11.6 Å². The van der Waals surface area contributed by atoms with Crippen LogP contribution in [-0.2, 0) is 24.2 Å². The van der Waals surface area contributed by atoms with E-state index in [1.165, 1.54) is 0 Å². The minimum atomic E-state index is -0.0570. The molecule has 2 N–H and O–H groups in total. The molecule has 0 bridgehead atoms. The number of aromatic nitrogens is 4. The van der Waals surface area contributed by atoms with Crippen molar-refractivity contribution < 1.29 is 9.21 Å². The van der Waals surface area contributed by atoms with Gasteiger partial charge in [0.15, 0.2) is 16.4 Å². The minimum Gasteiger partial charge on any atom is -0.441 e. The third-order valence-electron chi connectivity index (χ3n) is 4.07. The van der Waals surface area contributed by atoms with E-state index in [0.717, 1.165) is 17.9 Å². The molecule has 0 unspecified atom stereocenters. The molecule has 142 valence electrons. The number of hydrogen-bond acceptors (Lipinski definition) is 5. The summed E-state index contributed by atoms with van der Waals surface area (Å²) in [6, 6.07) is 7.32. The Morgan fingerprint density at radius 3 is 2.85 bits per heavy atom. The van der Waals surface area contributed by atoms with Crippen LogP contribution >= 0.6 is 23.8 Å². The summed E-state index contributed by atoms with van der Waals surface area (Å²) < 4.78 is 8.21. The van der Waals surface area contributed by atoms with Crippen molar-refractivity contribution in [2.45, 2.75) is 32.7 Å². The number of rotatable bonds is 8. The quantitative estimate of drug-likeness (QED) is 0.559. The summed E-state index contributed by atoms with van der Waals surface area (Å²) in [4.78, 5) is 16.3. The fourth-order valence-corrected chi connectivity index (χ4v) is 3.07. The normalized spacial score (nSPS) is 10.9. The molecule has 7 nitrogen and oxygen atoms in total. The molecule has 27 heavy (non-hydrogen) atoms. The largest absolute Gasteiger partial charge is 0.441 e. The molecular weight excluding hydrogens is 386 g/mol. The summed E-state index contributed by atoms with van der Waals surface area (Å²) in [7, 11) is 0. The molecule has 0 aliphatic rings. The molecule has 0 radical (unpaired) electrons. The van der Waals surface area contributed by atoms with Gasteiger partial charge in [0.25, 0.3) is 0 Å². The number of carbonyl (C=O) groups is 1. The highest BCUT2D eigenvalue weighted by Gasteiger charge is 2.10. The number of benzene rings is 1. The number of nitrogens with one attached hydrogen (secondary N) is 2. The zero-order chi connectivity index (χ0) is 19.2. The monoisotopic (exact) mass is 405 g/mol. The Labute approximate surface area is 166 Å². The third-order valence-corrected chi connectivity index (χ3v) is 4.64. The highest BCUT2D eigenvalue weighted by molar-refractivity contribution is 7.71. The van der Waals surface area contributed by atoms with Gasteiger partial charge in [0, 0.05) is 42.9 Å². The molecule has 2 heterocycles. The lowest BCUT2D eigenvalue weighted by atomic mass is 10.2. The number of hydrogen-bond donors (Lipinski definition) is 2. The molecule has 0 saturated carbocycles. The van der Waals surface area contributed by atoms with E-state index in [9.17, 15) is 4.79 Å². The summed E-state index contributed by atoms with van der Waals surface area (Å²) in [6.45, 7) is 3.25. The van der Waals surface area contributed by atoms with Crippen LogP contribution in [0.1, 0.15) is 25.1 Å². The molecule has 2 aromatic heterocycles. The maximum atomic E-state index is 12.0. The number of aryl methyl sites for hydroxylation is 1. The molecular formula is C18H20ClN5O2S. The topological polar surface area (TPSA) is 88.7 Å². The van der Waals surface area contributed by atoms with E-state index in [1.54, 1.807) is 18.3 Å². The van der Waals surface area contributed by atoms with E-state index in [0.29, 0.717) is 47.3 Å². The second-order valence-corrected chi connectivity index (χ2v) is 6.74. The van der Waals surface area contributed by atoms with E-state index in [2.05, 4.69) is 20.5 Å². The Kier molecular flexibility index (Phi) is 6.41. The first-order chi connectivity index (χ1) is 13.1. The van der Waals surface area contributed by atoms with Gasteiger partial charge in [-0.25, -0.2) is 4.98 Å². The maximum Gasteiger partial charge on any atom is 0.220 e.